The molecule has 0 aliphatic heterocycles. The zero-order valence-electron chi connectivity index (χ0n) is 11.4. The molecule has 102 valence electrons. The third-order valence-corrected chi connectivity index (χ3v) is 3.87. The molecule has 0 amide bonds. The fourth-order valence-corrected chi connectivity index (χ4v) is 2.38. The van der Waals surface area contributed by atoms with Gasteiger partial charge in [-0.15, -0.1) is 0 Å². The van der Waals surface area contributed by atoms with Crippen molar-refractivity contribution < 1.29 is 9.15 Å². The van der Waals surface area contributed by atoms with E-state index < -0.39 is 0 Å². The Balaban J connectivity index is 2.06. The summed E-state index contributed by atoms with van der Waals surface area (Å²) in [5.74, 6) is 1.86. The molecular weight excluding hydrogens is 306 g/mol. The molecule has 0 unspecified atom stereocenters. The van der Waals surface area contributed by atoms with Crippen LogP contribution in [0.4, 0.5) is 0 Å². The van der Waals surface area contributed by atoms with Gasteiger partial charge in [-0.25, -0.2) is 0 Å². The Kier molecular flexibility index (Phi) is 4.66. The molecule has 0 radical (unpaired) electrons. The summed E-state index contributed by atoms with van der Waals surface area (Å²) in [5, 5.41) is 0. The summed E-state index contributed by atoms with van der Waals surface area (Å²) in [6.45, 7) is 3.71. The smallest absolute Gasteiger partial charge is 0.119 e. The summed E-state index contributed by atoms with van der Waals surface area (Å²) in [4.78, 5) is 2.25. The lowest BCUT2D eigenvalue weighted by molar-refractivity contribution is 0.315. The largest absolute Gasteiger partial charge is 0.497 e. The first-order valence-electron chi connectivity index (χ1n) is 6.14. The molecule has 2 aromatic rings. The van der Waals surface area contributed by atoms with Gasteiger partial charge in [0.25, 0.3) is 0 Å². The summed E-state index contributed by atoms with van der Waals surface area (Å²) >= 11 is 3.58. The SMILES string of the molecule is COc1ccc(Br)c(CN(C)Cc2ccoc2C)c1. The molecule has 1 aromatic heterocycles. The molecule has 19 heavy (non-hydrogen) atoms. The maximum atomic E-state index is 5.32. The van der Waals surface area contributed by atoms with Gasteiger partial charge in [0.05, 0.1) is 13.4 Å². The van der Waals surface area contributed by atoms with Crippen molar-refractivity contribution in [2.45, 2.75) is 20.0 Å². The van der Waals surface area contributed by atoms with Crippen molar-refractivity contribution in [2.75, 3.05) is 14.2 Å². The van der Waals surface area contributed by atoms with Crippen LogP contribution in [-0.2, 0) is 13.1 Å². The molecule has 0 N–H and O–H groups in total. The number of hydrogen-bond acceptors (Lipinski definition) is 3. The van der Waals surface area contributed by atoms with Gasteiger partial charge in [0, 0.05) is 23.1 Å². The van der Waals surface area contributed by atoms with Crippen LogP contribution in [0.15, 0.2) is 39.4 Å². The molecule has 1 aromatic carbocycles. The number of methoxy groups -OCH3 is 1. The molecule has 1 heterocycles. The molecule has 0 spiro atoms. The Hall–Kier alpha value is -1.26. The lowest BCUT2D eigenvalue weighted by Gasteiger charge is -2.17. The van der Waals surface area contributed by atoms with Gasteiger partial charge in [-0.3, -0.25) is 4.90 Å². The highest BCUT2D eigenvalue weighted by atomic mass is 79.9. The minimum absolute atomic E-state index is 0.850. The van der Waals surface area contributed by atoms with Gasteiger partial charge in [-0.2, -0.15) is 0 Å². The Morgan fingerprint density at radius 1 is 1.21 bits per heavy atom. The Bertz CT molecular complexity index is 551. The molecule has 4 heteroatoms. The van der Waals surface area contributed by atoms with Crippen molar-refractivity contribution in [1.29, 1.82) is 0 Å². The Labute approximate surface area is 122 Å². The average Bonchev–Trinajstić information content (AvgIpc) is 2.78. The van der Waals surface area contributed by atoms with E-state index in [4.69, 9.17) is 9.15 Å². The van der Waals surface area contributed by atoms with E-state index in [1.807, 2.05) is 25.1 Å². The van der Waals surface area contributed by atoms with E-state index in [0.29, 0.717) is 0 Å². The van der Waals surface area contributed by atoms with Gasteiger partial charge in [0.2, 0.25) is 0 Å². The fraction of sp³-hybridized carbons (Fsp3) is 0.333. The zero-order valence-corrected chi connectivity index (χ0v) is 13.0. The molecule has 2 rings (SSSR count). The van der Waals surface area contributed by atoms with Crippen molar-refractivity contribution in [2.24, 2.45) is 0 Å². The first-order valence-corrected chi connectivity index (χ1v) is 6.93. The number of halogens is 1. The second-order valence-electron chi connectivity index (χ2n) is 4.63. The predicted molar refractivity (Wildman–Crippen MR) is 79.3 cm³/mol. The molecule has 0 bridgehead atoms. The van der Waals surface area contributed by atoms with Crippen molar-refractivity contribution in [3.05, 3.63) is 51.9 Å². The second-order valence-corrected chi connectivity index (χ2v) is 5.49. The molecule has 0 aliphatic rings. The summed E-state index contributed by atoms with van der Waals surface area (Å²) in [5.41, 5.74) is 2.43. The number of ether oxygens (including phenoxy) is 1. The third kappa shape index (κ3) is 3.61. The van der Waals surface area contributed by atoms with Crippen molar-refractivity contribution >= 4 is 15.9 Å². The zero-order chi connectivity index (χ0) is 13.8. The Morgan fingerprint density at radius 2 is 1.95 bits per heavy atom. The highest BCUT2D eigenvalue weighted by Crippen LogP contribution is 2.24. The van der Waals surface area contributed by atoms with E-state index in [2.05, 4.69) is 33.9 Å². The molecule has 0 aliphatic carbocycles. The minimum Gasteiger partial charge on any atom is -0.497 e. The molecule has 3 nitrogen and oxygen atoms in total. The third-order valence-electron chi connectivity index (χ3n) is 3.10. The van der Waals surface area contributed by atoms with E-state index >= 15 is 0 Å². The second kappa shape index (κ2) is 6.26. The van der Waals surface area contributed by atoms with Crippen molar-refractivity contribution in [1.82, 2.24) is 4.90 Å². The number of rotatable bonds is 5. The number of benzene rings is 1. The lowest BCUT2D eigenvalue weighted by Crippen LogP contribution is -2.17. The molecule has 0 fully saturated rings. The van der Waals surface area contributed by atoms with Crippen LogP contribution in [-0.4, -0.2) is 19.1 Å². The summed E-state index contributed by atoms with van der Waals surface area (Å²) in [6.07, 6.45) is 1.74. The van der Waals surface area contributed by atoms with E-state index in [9.17, 15) is 0 Å². The lowest BCUT2D eigenvalue weighted by atomic mass is 10.2. The summed E-state index contributed by atoms with van der Waals surface area (Å²) < 4.78 is 11.7. The number of hydrogen-bond donors (Lipinski definition) is 0. The standard InChI is InChI=1S/C15H18BrNO2/c1-11-12(6-7-19-11)9-17(2)10-13-8-14(18-3)4-5-15(13)16/h4-8H,9-10H2,1-3H3. The van der Waals surface area contributed by atoms with E-state index in [0.717, 1.165) is 29.1 Å². The van der Waals surface area contributed by atoms with Gasteiger partial charge >= 0.3 is 0 Å². The quantitative estimate of drug-likeness (QED) is 0.832. The van der Waals surface area contributed by atoms with Crippen LogP contribution < -0.4 is 4.74 Å². The van der Waals surface area contributed by atoms with Crippen LogP contribution >= 0.6 is 15.9 Å². The Morgan fingerprint density at radius 3 is 2.58 bits per heavy atom. The number of furan rings is 1. The molecule has 0 saturated carbocycles. The first kappa shape index (κ1) is 14.2. The van der Waals surface area contributed by atoms with Crippen LogP contribution in [0.3, 0.4) is 0 Å². The fourth-order valence-electron chi connectivity index (χ4n) is 2.01. The van der Waals surface area contributed by atoms with Gasteiger partial charge in [-0.05, 0) is 43.8 Å². The first-order chi connectivity index (χ1) is 9.10. The minimum atomic E-state index is 0.850. The highest BCUT2D eigenvalue weighted by molar-refractivity contribution is 9.10. The van der Waals surface area contributed by atoms with Crippen LogP contribution in [0, 0.1) is 6.92 Å². The monoisotopic (exact) mass is 323 g/mol. The van der Waals surface area contributed by atoms with Crippen LogP contribution in [0.25, 0.3) is 0 Å². The van der Waals surface area contributed by atoms with Crippen LogP contribution in [0.5, 0.6) is 5.75 Å². The molecular formula is C15H18BrNO2. The van der Waals surface area contributed by atoms with Crippen molar-refractivity contribution in [3.63, 3.8) is 0 Å². The topological polar surface area (TPSA) is 25.6 Å². The predicted octanol–water partition coefficient (Wildman–Crippen LogP) is 3.99. The van der Waals surface area contributed by atoms with Gasteiger partial charge < -0.3 is 9.15 Å². The van der Waals surface area contributed by atoms with Gasteiger partial charge in [0.1, 0.15) is 11.5 Å². The molecule has 0 saturated heterocycles. The maximum Gasteiger partial charge on any atom is 0.119 e. The normalized spacial score (nSPS) is 11.0. The molecule has 0 atom stereocenters. The number of nitrogens with zero attached hydrogens (tertiary/aromatic N) is 1. The van der Waals surface area contributed by atoms with Crippen LogP contribution in [0.1, 0.15) is 16.9 Å². The van der Waals surface area contributed by atoms with E-state index in [1.165, 1.54) is 11.1 Å². The number of aryl methyl sites for hydroxylation is 1. The summed E-state index contributed by atoms with van der Waals surface area (Å²) in [7, 11) is 3.78. The average molecular weight is 324 g/mol. The van der Waals surface area contributed by atoms with Crippen LogP contribution in [0.2, 0.25) is 0 Å². The van der Waals surface area contributed by atoms with E-state index in [-0.39, 0.29) is 0 Å². The highest BCUT2D eigenvalue weighted by Gasteiger charge is 2.09. The summed E-state index contributed by atoms with van der Waals surface area (Å²) in [6, 6.07) is 8.05. The van der Waals surface area contributed by atoms with Gasteiger partial charge in [-0.1, -0.05) is 15.9 Å². The van der Waals surface area contributed by atoms with Gasteiger partial charge in [0.15, 0.2) is 0 Å². The van der Waals surface area contributed by atoms with Crippen molar-refractivity contribution in [3.8, 4) is 5.75 Å². The maximum absolute atomic E-state index is 5.32. The van der Waals surface area contributed by atoms with E-state index in [1.54, 1.807) is 13.4 Å².